The maximum absolute atomic E-state index is 9.99. The SMILES string of the molecule is O=COCCC1=NOC(COc2ccccc2)C1. The summed E-state index contributed by atoms with van der Waals surface area (Å²) in [4.78, 5) is 15.2. The summed E-state index contributed by atoms with van der Waals surface area (Å²) in [5, 5.41) is 3.94. The van der Waals surface area contributed by atoms with Crippen molar-refractivity contribution in [1.29, 1.82) is 0 Å². The molecule has 0 saturated carbocycles. The molecule has 0 spiro atoms. The predicted octanol–water partition coefficient (Wildman–Crippen LogP) is 1.77. The van der Waals surface area contributed by atoms with Crippen LogP contribution in [-0.4, -0.2) is 31.5 Å². The van der Waals surface area contributed by atoms with Gasteiger partial charge in [0.05, 0.1) is 12.3 Å². The number of carbonyl (C=O) groups excluding carboxylic acids is 1. The van der Waals surface area contributed by atoms with Gasteiger partial charge in [0.2, 0.25) is 0 Å². The second kappa shape index (κ2) is 6.64. The molecule has 0 fully saturated rings. The molecule has 5 nitrogen and oxygen atoms in total. The molecule has 1 aliphatic rings. The van der Waals surface area contributed by atoms with Crippen molar-refractivity contribution in [2.24, 2.45) is 5.16 Å². The van der Waals surface area contributed by atoms with Crippen molar-refractivity contribution < 1.29 is 19.1 Å². The zero-order valence-corrected chi connectivity index (χ0v) is 9.95. The number of para-hydroxylation sites is 1. The van der Waals surface area contributed by atoms with Crippen LogP contribution in [-0.2, 0) is 14.4 Å². The number of rotatable bonds is 7. The van der Waals surface area contributed by atoms with Crippen LogP contribution in [0.25, 0.3) is 0 Å². The molecule has 0 bridgehead atoms. The van der Waals surface area contributed by atoms with Crippen molar-refractivity contribution in [2.45, 2.75) is 18.9 Å². The van der Waals surface area contributed by atoms with E-state index in [-0.39, 0.29) is 6.10 Å². The summed E-state index contributed by atoms with van der Waals surface area (Å²) in [5.74, 6) is 0.818. The molecule has 5 heteroatoms. The highest BCUT2D eigenvalue weighted by molar-refractivity contribution is 5.85. The lowest BCUT2D eigenvalue weighted by Gasteiger charge is -2.10. The largest absolute Gasteiger partial charge is 0.490 e. The molecule has 0 radical (unpaired) electrons. The number of benzene rings is 1. The fraction of sp³-hybridized carbons (Fsp3) is 0.385. The smallest absolute Gasteiger partial charge is 0.293 e. The molecule has 1 unspecified atom stereocenters. The summed E-state index contributed by atoms with van der Waals surface area (Å²) in [6.45, 7) is 1.25. The van der Waals surface area contributed by atoms with Crippen molar-refractivity contribution in [3.63, 3.8) is 0 Å². The standard InChI is InChI=1S/C13H15NO4/c15-10-16-7-6-11-8-13(18-14-11)9-17-12-4-2-1-3-5-12/h1-5,10,13H,6-9H2. The van der Waals surface area contributed by atoms with Gasteiger partial charge < -0.3 is 14.3 Å². The van der Waals surface area contributed by atoms with Gasteiger partial charge in [0, 0.05) is 12.8 Å². The lowest BCUT2D eigenvalue weighted by atomic mass is 10.1. The number of ether oxygens (including phenoxy) is 2. The predicted molar refractivity (Wildman–Crippen MR) is 65.5 cm³/mol. The Bertz CT molecular complexity index is 405. The molecule has 18 heavy (non-hydrogen) atoms. The van der Waals surface area contributed by atoms with Gasteiger partial charge in [0.25, 0.3) is 6.47 Å². The van der Waals surface area contributed by atoms with Crippen molar-refractivity contribution >= 4 is 12.2 Å². The Kier molecular flexibility index (Phi) is 4.58. The van der Waals surface area contributed by atoms with E-state index in [0.717, 1.165) is 17.9 Å². The van der Waals surface area contributed by atoms with Crippen LogP contribution in [0.3, 0.4) is 0 Å². The van der Waals surface area contributed by atoms with Gasteiger partial charge in [-0.15, -0.1) is 0 Å². The van der Waals surface area contributed by atoms with E-state index in [9.17, 15) is 4.79 Å². The number of oxime groups is 1. The van der Waals surface area contributed by atoms with Crippen LogP contribution in [0.15, 0.2) is 35.5 Å². The normalized spacial score (nSPS) is 17.8. The number of hydrogen-bond donors (Lipinski definition) is 0. The molecule has 0 N–H and O–H groups in total. The van der Waals surface area contributed by atoms with Gasteiger partial charge in [-0.1, -0.05) is 23.4 Å². The van der Waals surface area contributed by atoms with Crippen LogP contribution in [0.4, 0.5) is 0 Å². The average Bonchev–Trinajstić information content (AvgIpc) is 2.86. The molecule has 1 aromatic carbocycles. The van der Waals surface area contributed by atoms with Gasteiger partial charge >= 0.3 is 0 Å². The molecule has 96 valence electrons. The first-order valence-electron chi connectivity index (χ1n) is 5.83. The van der Waals surface area contributed by atoms with E-state index < -0.39 is 0 Å². The summed E-state index contributed by atoms with van der Waals surface area (Å²) in [6, 6.07) is 9.57. The monoisotopic (exact) mass is 249 g/mol. The van der Waals surface area contributed by atoms with Crippen molar-refractivity contribution in [1.82, 2.24) is 0 Å². The summed E-state index contributed by atoms with van der Waals surface area (Å²) >= 11 is 0. The number of nitrogens with zero attached hydrogens (tertiary/aromatic N) is 1. The molecule has 0 aromatic heterocycles. The van der Waals surface area contributed by atoms with Gasteiger partial charge in [-0.3, -0.25) is 4.79 Å². The minimum atomic E-state index is -0.0589. The van der Waals surface area contributed by atoms with Crippen LogP contribution in [0.2, 0.25) is 0 Å². The molecule has 0 aliphatic carbocycles. The Morgan fingerprint density at radius 2 is 2.22 bits per heavy atom. The number of carbonyl (C=O) groups is 1. The molecule has 1 heterocycles. The fourth-order valence-electron chi connectivity index (χ4n) is 1.65. The molecule has 0 saturated heterocycles. The Morgan fingerprint density at radius 3 is 3.00 bits per heavy atom. The number of hydrogen-bond acceptors (Lipinski definition) is 5. The molecule has 1 aromatic rings. The molecule has 1 atom stereocenters. The van der Waals surface area contributed by atoms with Gasteiger partial charge in [0.15, 0.2) is 6.10 Å². The van der Waals surface area contributed by atoms with Crippen LogP contribution < -0.4 is 4.74 Å². The average molecular weight is 249 g/mol. The van der Waals surface area contributed by atoms with Gasteiger partial charge in [-0.05, 0) is 12.1 Å². The first kappa shape index (κ1) is 12.4. The minimum absolute atomic E-state index is 0.0589. The zero-order chi connectivity index (χ0) is 12.6. The highest BCUT2D eigenvalue weighted by Crippen LogP contribution is 2.15. The second-order valence-electron chi connectivity index (χ2n) is 3.93. The van der Waals surface area contributed by atoms with E-state index in [2.05, 4.69) is 9.89 Å². The second-order valence-corrected chi connectivity index (χ2v) is 3.93. The maximum Gasteiger partial charge on any atom is 0.293 e. The van der Waals surface area contributed by atoms with Crippen molar-refractivity contribution in [2.75, 3.05) is 13.2 Å². The maximum atomic E-state index is 9.99. The van der Waals surface area contributed by atoms with E-state index in [1.807, 2.05) is 30.3 Å². The Morgan fingerprint density at radius 1 is 1.39 bits per heavy atom. The highest BCUT2D eigenvalue weighted by atomic mass is 16.7. The van der Waals surface area contributed by atoms with E-state index in [4.69, 9.17) is 9.57 Å². The quantitative estimate of drug-likeness (QED) is 0.546. The molecule has 2 rings (SSSR count). The summed E-state index contributed by atoms with van der Waals surface area (Å²) in [5.41, 5.74) is 0.901. The van der Waals surface area contributed by atoms with Crippen LogP contribution in [0.1, 0.15) is 12.8 Å². The van der Waals surface area contributed by atoms with Crippen LogP contribution >= 0.6 is 0 Å². The Labute approximate surface area is 105 Å². The van der Waals surface area contributed by atoms with Gasteiger partial charge in [0.1, 0.15) is 12.4 Å². The molecule has 0 amide bonds. The fourth-order valence-corrected chi connectivity index (χ4v) is 1.65. The van der Waals surface area contributed by atoms with Crippen LogP contribution in [0.5, 0.6) is 5.75 Å². The molecular weight excluding hydrogens is 234 g/mol. The van der Waals surface area contributed by atoms with E-state index in [0.29, 0.717) is 26.1 Å². The zero-order valence-electron chi connectivity index (χ0n) is 9.95. The van der Waals surface area contributed by atoms with E-state index in [1.165, 1.54) is 0 Å². The van der Waals surface area contributed by atoms with Gasteiger partial charge in [-0.2, -0.15) is 0 Å². The lowest BCUT2D eigenvalue weighted by molar-refractivity contribution is -0.128. The van der Waals surface area contributed by atoms with Crippen LogP contribution in [0, 0.1) is 0 Å². The highest BCUT2D eigenvalue weighted by Gasteiger charge is 2.21. The summed E-state index contributed by atoms with van der Waals surface area (Å²) in [7, 11) is 0. The third-order valence-electron chi connectivity index (χ3n) is 2.55. The van der Waals surface area contributed by atoms with E-state index >= 15 is 0 Å². The van der Waals surface area contributed by atoms with E-state index in [1.54, 1.807) is 0 Å². The third kappa shape index (κ3) is 3.76. The topological polar surface area (TPSA) is 57.1 Å². The minimum Gasteiger partial charge on any atom is -0.490 e. The first-order valence-corrected chi connectivity index (χ1v) is 5.83. The third-order valence-corrected chi connectivity index (χ3v) is 2.55. The van der Waals surface area contributed by atoms with Crippen molar-refractivity contribution in [3.8, 4) is 5.75 Å². The molecular formula is C13H15NO4. The first-order chi connectivity index (χ1) is 8.88. The lowest BCUT2D eigenvalue weighted by Crippen LogP contribution is -2.18. The Balaban J connectivity index is 1.67. The molecule has 1 aliphatic heterocycles. The Hall–Kier alpha value is -2.04. The van der Waals surface area contributed by atoms with Crippen molar-refractivity contribution in [3.05, 3.63) is 30.3 Å². The summed E-state index contributed by atoms with van der Waals surface area (Å²) < 4.78 is 10.2. The summed E-state index contributed by atoms with van der Waals surface area (Å²) in [6.07, 6.45) is 1.27. The van der Waals surface area contributed by atoms with Gasteiger partial charge in [-0.25, -0.2) is 0 Å².